The number of rotatable bonds is 9. The summed E-state index contributed by atoms with van der Waals surface area (Å²) in [5.74, 6) is -0.339. The van der Waals surface area contributed by atoms with Crippen LogP contribution in [-0.2, 0) is 25.7 Å². The third-order valence-electron chi connectivity index (χ3n) is 6.37. The third-order valence-corrected chi connectivity index (χ3v) is 6.37. The molecule has 3 N–H and O–H groups in total. The van der Waals surface area contributed by atoms with Gasteiger partial charge in [0, 0.05) is 5.56 Å². The average molecular weight is 558 g/mol. The second-order valence-corrected chi connectivity index (χ2v) is 10.9. The molecule has 0 unspecified atom stereocenters. The normalized spacial score (nSPS) is 16.4. The monoisotopic (exact) mass is 557 g/mol. The molecule has 214 valence electrons. The van der Waals surface area contributed by atoms with Crippen molar-refractivity contribution in [2.24, 2.45) is 5.92 Å². The Kier molecular flexibility index (Phi) is 9.39. The number of nitrogens with one attached hydrogen (secondary N) is 3. The zero-order valence-electron chi connectivity index (χ0n) is 23.4. The molecule has 0 aliphatic carbocycles. The summed E-state index contributed by atoms with van der Waals surface area (Å²) in [5, 5.41) is 13.5. The predicted molar refractivity (Wildman–Crippen MR) is 154 cm³/mol. The zero-order chi connectivity index (χ0) is 29.4. The molecule has 1 aliphatic rings. The Morgan fingerprint density at radius 1 is 0.951 bits per heavy atom. The van der Waals surface area contributed by atoms with Crippen LogP contribution in [0.4, 0.5) is 4.79 Å². The topological polar surface area (TPSA) is 127 Å². The lowest BCUT2D eigenvalue weighted by atomic mass is 10.0. The molecule has 41 heavy (non-hydrogen) atoms. The van der Waals surface area contributed by atoms with Crippen molar-refractivity contribution in [3.05, 3.63) is 90.0 Å². The minimum Gasteiger partial charge on any atom is -0.491 e. The van der Waals surface area contributed by atoms with Gasteiger partial charge in [-0.2, -0.15) is 0 Å². The second kappa shape index (κ2) is 13.1. The molecule has 0 radical (unpaired) electrons. The van der Waals surface area contributed by atoms with Gasteiger partial charge in [-0.25, -0.2) is 4.79 Å². The number of ether oxygens (including phenoxy) is 3. The molecular weight excluding hydrogens is 522 g/mol. The summed E-state index contributed by atoms with van der Waals surface area (Å²) in [5.41, 5.74) is 2.73. The maximum absolute atomic E-state index is 12.3. The van der Waals surface area contributed by atoms with E-state index in [-0.39, 0.29) is 36.8 Å². The van der Waals surface area contributed by atoms with Crippen molar-refractivity contribution >= 4 is 23.8 Å². The zero-order valence-corrected chi connectivity index (χ0v) is 23.4. The maximum atomic E-state index is 12.3. The molecule has 2 atom stereocenters. The van der Waals surface area contributed by atoms with Gasteiger partial charge in [0.2, 0.25) is 5.91 Å². The summed E-state index contributed by atoms with van der Waals surface area (Å²) in [7, 11) is 0. The molecule has 9 heteroatoms. The number of amidine groups is 1. The van der Waals surface area contributed by atoms with E-state index in [0.717, 1.165) is 16.7 Å². The van der Waals surface area contributed by atoms with Gasteiger partial charge in [0.1, 0.15) is 30.4 Å². The largest absolute Gasteiger partial charge is 0.491 e. The summed E-state index contributed by atoms with van der Waals surface area (Å²) in [4.78, 5) is 36.4. The van der Waals surface area contributed by atoms with Gasteiger partial charge in [-0.3, -0.25) is 20.3 Å². The number of carbonyl (C=O) groups excluding carboxylic acids is 3. The molecule has 0 bridgehead atoms. The second-order valence-electron chi connectivity index (χ2n) is 10.9. The highest BCUT2D eigenvalue weighted by Gasteiger charge is 2.35. The van der Waals surface area contributed by atoms with Crippen LogP contribution >= 0.6 is 0 Å². The highest BCUT2D eigenvalue weighted by Crippen LogP contribution is 2.25. The van der Waals surface area contributed by atoms with E-state index >= 15 is 0 Å². The Bertz CT molecular complexity index is 1370. The van der Waals surface area contributed by atoms with E-state index in [2.05, 4.69) is 10.6 Å². The van der Waals surface area contributed by atoms with Gasteiger partial charge in [0.15, 0.2) is 0 Å². The van der Waals surface area contributed by atoms with Crippen LogP contribution in [0.15, 0.2) is 78.9 Å². The molecule has 4 rings (SSSR count). The summed E-state index contributed by atoms with van der Waals surface area (Å²) >= 11 is 0. The number of benzene rings is 3. The predicted octanol–water partition coefficient (Wildman–Crippen LogP) is 5.22. The average Bonchev–Trinajstić information content (AvgIpc) is 3.29. The standard InChI is InChI=1S/C32H35N3O6/c1-32(2,3)41-28(36)18-25-17-26(34-30(25)37)20-39-27-15-13-23(14-16-27)22-9-11-24(12-10-22)29(33)35-31(38)40-19-21-7-5-4-6-8-21/h4-16,25-26H,17-20H2,1-3H3,(H,34,37)(H2,33,35,38)/t25-,26-/m0/s1. The minimum absolute atomic E-state index is 0.0503. The fourth-order valence-electron chi connectivity index (χ4n) is 4.40. The highest BCUT2D eigenvalue weighted by molar-refractivity contribution is 6.04. The van der Waals surface area contributed by atoms with Crippen LogP contribution in [0.1, 0.15) is 44.7 Å². The molecule has 3 aromatic carbocycles. The van der Waals surface area contributed by atoms with Gasteiger partial charge < -0.3 is 19.5 Å². The van der Waals surface area contributed by atoms with Gasteiger partial charge in [0.25, 0.3) is 0 Å². The molecule has 9 nitrogen and oxygen atoms in total. The van der Waals surface area contributed by atoms with Crippen LogP contribution in [0.5, 0.6) is 5.75 Å². The smallest absolute Gasteiger partial charge is 0.413 e. The van der Waals surface area contributed by atoms with E-state index in [1.807, 2.05) is 66.7 Å². The van der Waals surface area contributed by atoms with Crippen LogP contribution in [0, 0.1) is 11.3 Å². The van der Waals surface area contributed by atoms with Crippen LogP contribution in [0.2, 0.25) is 0 Å². The summed E-state index contributed by atoms with van der Waals surface area (Å²) in [6.45, 7) is 5.83. The highest BCUT2D eigenvalue weighted by atomic mass is 16.6. The molecule has 1 saturated heterocycles. The maximum Gasteiger partial charge on any atom is 0.413 e. The molecule has 1 heterocycles. The lowest BCUT2D eigenvalue weighted by molar-refractivity contribution is -0.157. The van der Waals surface area contributed by atoms with Gasteiger partial charge in [0.05, 0.1) is 18.4 Å². The first-order chi connectivity index (χ1) is 19.6. The van der Waals surface area contributed by atoms with Crippen molar-refractivity contribution in [1.82, 2.24) is 10.6 Å². The Labute approximate surface area is 239 Å². The first-order valence-electron chi connectivity index (χ1n) is 13.5. The minimum atomic E-state index is -0.686. The van der Waals surface area contributed by atoms with E-state index in [1.165, 1.54) is 0 Å². The Morgan fingerprint density at radius 2 is 1.59 bits per heavy atom. The molecule has 0 spiro atoms. The summed E-state index contributed by atoms with van der Waals surface area (Å²) in [6.07, 6.45) is -0.118. The fraction of sp³-hybridized carbons (Fsp3) is 0.312. The Hall–Kier alpha value is -4.66. The van der Waals surface area contributed by atoms with Gasteiger partial charge in [-0.05, 0) is 56.0 Å². The van der Waals surface area contributed by atoms with Gasteiger partial charge in [-0.1, -0.05) is 66.7 Å². The lowest BCUT2D eigenvalue weighted by Gasteiger charge is -2.20. The summed E-state index contributed by atoms with van der Waals surface area (Å²) < 4.78 is 16.4. The van der Waals surface area contributed by atoms with Gasteiger partial charge in [-0.15, -0.1) is 0 Å². The number of hydrogen-bond donors (Lipinski definition) is 3. The van der Waals surface area contributed by atoms with Crippen LogP contribution in [-0.4, -0.2) is 42.1 Å². The molecule has 0 saturated carbocycles. The third kappa shape index (κ3) is 8.93. The molecule has 1 aliphatic heterocycles. The fourth-order valence-corrected chi connectivity index (χ4v) is 4.40. The Balaban J connectivity index is 1.23. The molecular formula is C32H35N3O6. The number of alkyl carbamates (subject to hydrolysis) is 1. The summed E-state index contributed by atoms with van der Waals surface area (Å²) in [6, 6.07) is 24.0. The van der Waals surface area contributed by atoms with Gasteiger partial charge >= 0.3 is 12.1 Å². The van der Waals surface area contributed by atoms with E-state index in [0.29, 0.717) is 24.3 Å². The molecule has 3 aromatic rings. The van der Waals surface area contributed by atoms with E-state index in [4.69, 9.17) is 19.6 Å². The number of hydrogen-bond acceptors (Lipinski definition) is 7. The van der Waals surface area contributed by atoms with Crippen LogP contribution < -0.4 is 15.4 Å². The molecule has 2 amide bonds. The van der Waals surface area contributed by atoms with E-state index in [9.17, 15) is 14.4 Å². The number of esters is 1. The van der Waals surface area contributed by atoms with E-state index in [1.54, 1.807) is 32.9 Å². The van der Waals surface area contributed by atoms with Crippen molar-refractivity contribution in [2.45, 2.75) is 51.9 Å². The quantitative estimate of drug-likeness (QED) is 0.188. The first-order valence-corrected chi connectivity index (χ1v) is 13.5. The van der Waals surface area contributed by atoms with Crippen molar-refractivity contribution in [1.29, 1.82) is 5.41 Å². The molecule has 1 fully saturated rings. The van der Waals surface area contributed by atoms with Crippen molar-refractivity contribution in [3.63, 3.8) is 0 Å². The number of amides is 2. The van der Waals surface area contributed by atoms with Crippen molar-refractivity contribution in [3.8, 4) is 16.9 Å². The molecule has 0 aromatic heterocycles. The van der Waals surface area contributed by atoms with Crippen LogP contribution in [0.3, 0.4) is 0 Å². The van der Waals surface area contributed by atoms with E-state index < -0.39 is 17.6 Å². The lowest BCUT2D eigenvalue weighted by Crippen LogP contribution is -2.31. The van der Waals surface area contributed by atoms with Crippen molar-refractivity contribution < 1.29 is 28.6 Å². The van der Waals surface area contributed by atoms with Crippen molar-refractivity contribution in [2.75, 3.05) is 6.61 Å². The SMILES string of the molecule is CC(C)(C)OC(=O)C[C@@H]1C[C@@H](COc2ccc(-c3ccc(C(=N)NC(=O)OCc4ccccc4)cc3)cc2)NC1=O. The number of carbonyl (C=O) groups is 3. The first kappa shape index (κ1) is 29.3. The van der Waals surface area contributed by atoms with Crippen LogP contribution in [0.25, 0.3) is 11.1 Å². The Morgan fingerprint density at radius 3 is 2.22 bits per heavy atom.